The van der Waals surface area contributed by atoms with Crippen molar-refractivity contribution in [1.29, 1.82) is 5.26 Å². The summed E-state index contributed by atoms with van der Waals surface area (Å²) in [6.07, 6.45) is 0. The third-order valence-corrected chi connectivity index (χ3v) is 2.56. The van der Waals surface area contributed by atoms with Crippen molar-refractivity contribution < 1.29 is 14.3 Å². The van der Waals surface area contributed by atoms with Gasteiger partial charge < -0.3 is 9.47 Å². The van der Waals surface area contributed by atoms with Gasteiger partial charge >= 0.3 is 5.97 Å². The first-order valence-corrected chi connectivity index (χ1v) is 6.15. The van der Waals surface area contributed by atoms with Crippen LogP contribution in [-0.2, 0) is 4.74 Å². The molecule has 100 valence electrons. The Labute approximate surface area is 117 Å². The fourth-order valence-electron chi connectivity index (χ4n) is 1.61. The zero-order chi connectivity index (χ0) is 14.2. The van der Waals surface area contributed by atoms with Crippen LogP contribution in [0, 0.1) is 11.3 Å². The number of nitriles is 1. The second-order valence-corrected chi connectivity index (χ2v) is 3.99. The van der Waals surface area contributed by atoms with Crippen LogP contribution in [-0.4, -0.2) is 19.2 Å². The number of nitrogens with zero attached hydrogens (tertiary/aromatic N) is 1. The zero-order valence-corrected chi connectivity index (χ0v) is 10.8. The van der Waals surface area contributed by atoms with E-state index in [-0.39, 0.29) is 13.2 Å². The second-order valence-electron chi connectivity index (χ2n) is 3.99. The SMILES string of the molecule is N#Cc1cccc(C(=O)OCCOc2ccccc2)c1. The summed E-state index contributed by atoms with van der Waals surface area (Å²) in [6, 6.07) is 17.7. The molecule has 0 aliphatic rings. The number of para-hydroxylation sites is 1. The summed E-state index contributed by atoms with van der Waals surface area (Å²) in [5, 5.41) is 8.76. The highest BCUT2D eigenvalue weighted by molar-refractivity contribution is 5.89. The molecule has 0 N–H and O–H groups in total. The van der Waals surface area contributed by atoms with E-state index in [0.717, 1.165) is 5.75 Å². The minimum Gasteiger partial charge on any atom is -0.490 e. The summed E-state index contributed by atoms with van der Waals surface area (Å²) >= 11 is 0. The van der Waals surface area contributed by atoms with Crippen molar-refractivity contribution in [2.75, 3.05) is 13.2 Å². The lowest BCUT2D eigenvalue weighted by atomic mass is 10.1. The van der Waals surface area contributed by atoms with Crippen molar-refractivity contribution in [2.45, 2.75) is 0 Å². The highest BCUT2D eigenvalue weighted by Gasteiger charge is 2.07. The maximum atomic E-state index is 11.7. The number of carbonyl (C=O) groups is 1. The van der Waals surface area contributed by atoms with E-state index in [1.54, 1.807) is 18.2 Å². The van der Waals surface area contributed by atoms with Crippen LogP contribution in [0.25, 0.3) is 0 Å². The Hall–Kier alpha value is -2.80. The molecule has 2 aromatic rings. The molecule has 0 heterocycles. The van der Waals surface area contributed by atoms with Crippen molar-refractivity contribution in [3.8, 4) is 11.8 Å². The monoisotopic (exact) mass is 267 g/mol. The van der Waals surface area contributed by atoms with Crippen molar-refractivity contribution >= 4 is 5.97 Å². The highest BCUT2D eigenvalue weighted by atomic mass is 16.6. The molecule has 0 spiro atoms. The predicted octanol–water partition coefficient (Wildman–Crippen LogP) is 2.79. The van der Waals surface area contributed by atoms with Crippen molar-refractivity contribution in [3.63, 3.8) is 0 Å². The molecule has 0 fully saturated rings. The summed E-state index contributed by atoms with van der Waals surface area (Å²) in [6.45, 7) is 0.443. The van der Waals surface area contributed by atoms with E-state index in [0.29, 0.717) is 11.1 Å². The first-order chi connectivity index (χ1) is 9.79. The van der Waals surface area contributed by atoms with Crippen LogP contribution in [0.3, 0.4) is 0 Å². The zero-order valence-electron chi connectivity index (χ0n) is 10.8. The summed E-state index contributed by atoms with van der Waals surface area (Å²) < 4.78 is 10.5. The van der Waals surface area contributed by atoms with Crippen LogP contribution in [0.4, 0.5) is 0 Å². The molecule has 0 bridgehead atoms. The Bertz CT molecular complexity index is 617. The van der Waals surface area contributed by atoms with Crippen LogP contribution >= 0.6 is 0 Å². The lowest BCUT2D eigenvalue weighted by molar-refractivity contribution is 0.0450. The predicted molar refractivity (Wildman–Crippen MR) is 73.4 cm³/mol. The van der Waals surface area contributed by atoms with Crippen LogP contribution in [0.15, 0.2) is 54.6 Å². The molecule has 0 atom stereocenters. The van der Waals surface area contributed by atoms with E-state index < -0.39 is 5.97 Å². The maximum absolute atomic E-state index is 11.7. The Balaban J connectivity index is 1.79. The minimum atomic E-state index is -0.459. The lowest BCUT2D eigenvalue weighted by Gasteiger charge is -2.07. The largest absolute Gasteiger partial charge is 0.490 e. The summed E-state index contributed by atoms with van der Waals surface area (Å²) in [5.74, 6) is 0.272. The van der Waals surface area contributed by atoms with E-state index in [1.807, 2.05) is 36.4 Å². The minimum absolute atomic E-state index is 0.157. The molecule has 0 radical (unpaired) electrons. The van der Waals surface area contributed by atoms with Gasteiger partial charge in [0.05, 0.1) is 17.2 Å². The smallest absolute Gasteiger partial charge is 0.338 e. The molecule has 4 nitrogen and oxygen atoms in total. The molecule has 20 heavy (non-hydrogen) atoms. The summed E-state index contributed by atoms with van der Waals surface area (Å²) in [5.41, 5.74) is 0.795. The van der Waals surface area contributed by atoms with Gasteiger partial charge in [0.15, 0.2) is 0 Å². The van der Waals surface area contributed by atoms with E-state index >= 15 is 0 Å². The fourth-order valence-corrected chi connectivity index (χ4v) is 1.61. The first kappa shape index (κ1) is 13.6. The average molecular weight is 267 g/mol. The lowest BCUT2D eigenvalue weighted by Crippen LogP contribution is -2.12. The van der Waals surface area contributed by atoms with Gasteiger partial charge in [-0.3, -0.25) is 0 Å². The van der Waals surface area contributed by atoms with Gasteiger partial charge in [-0.05, 0) is 30.3 Å². The summed E-state index contributed by atoms with van der Waals surface area (Å²) in [7, 11) is 0. The van der Waals surface area contributed by atoms with Crippen LogP contribution < -0.4 is 4.74 Å². The van der Waals surface area contributed by atoms with Gasteiger partial charge in [-0.1, -0.05) is 24.3 Å². The third kappa shape index (κ3) is 3.85. The van der Waals surface area contributed by atoms with Gasteiger partial charge in [-0.2, -0.15) is 5.26 Å². The molecule has 2 aromatic carbocycles. The second kappa shape index (κ2) is 6.95. The molecule has 0 aliphatic heterocycles. The Morgan fingerprint density at radius 1 is 1.05 bits per heavy atom. The van der Waals surface area contributed by atoms with E-state index in [9.17, 15) is 4.79 Å². The highest BCUT2D eigenvalue weighted by Crippen LogP contribution is 2.08. The number of ether oxygens (including phenoxy) is 2. The molecular formula is C16H13NO3. The Morgan fingerprint density at radius 3 is 2.60 bits per heavy atom. The van der Waals surface area contributed by atoms with Crippen LogP contribution in [0.2, 0.25) is 0 Å². The number of hydrogen-bond donors (Lipinski definition) is 0. The number of esters is 1. The van der Waals surface area contributed by atoms with E-state index in [2.05, 4.69) is 0 Å². The van der Waals surface area contributed by atoms with Gasteiger partial charge in [0, 0.05) is 0 Å². The number of carbonyl (C=O) groups excluding carboxylic acids is 1. The first-order valence-electron chi connectivity index (χ1n) is 6.15. The Kier molecular flexibility index (Phi) is 4.74. The number of hydrogen-bond acceptors (Lipinski definition) is 4. The molecule has 0 saturated carbocycles. The van der Waals surface area contributed by atoms with E-state index in [4.69, 9.17) is 14.7 Å². The van der Waals surface area contributed by atoms with Gasteiger partial charge in [-0.25, -0.2) is 4.79 Å². The number of benzene rings is 2. The standard InChI is InChI=1S/C16H13NO3/c17-12-13-5-4-6-14(11-13)16(18)20-10-9-19-15-7-2-1-3-8-15/h1-8,11H,9-10H2. The molecule has 0 unspecified atom stereocenters. The molecule has 0 amide bonds. The quantitative estimate of drug-likeness (QED) is 0.617. The van der Waals surface area contributed by atoms with E-state index in [1.165, 1.54) is 6.07 Å². The molecule has 0 saturated heterocycles. The average Bonchev–Trinajstić information content (AvgIpc) is 2.52. The molecule has 2 rings (SSSR count). The van der Waals surface area contributed by atoms with Crippen molar-refractivity contribution in [3.05, 3.63) is 65.7 Å². The van der Waals surface area contributed by atoms with Crippen molar-refractivity contribution in [1.82, 2.24) is 0 Å². The Morgan fingerprint density at radius 2 is 1.85 bits per heavy atom. The van der Waals surface area contributed by atoms with Gasteiger partial charge in [0.2, 0.25) is 0 Å². The summed E-state index contributed by atoms with van der Waals surface area (Å²) in [4.78, 5) is 11.7. The normalized spacial score (nSPS) is 9.55. The van der Waals surface area contributed by atoms with Crippen LogP contribution in [0.5, 0.6) is 5.75 Å². The third-order valence-electron chi connectivity index (χ3n) is 2.56. The molecular weight excluding hydrogens is 254 g/mol. The molecule has 0 aromatic heterocycles. The fraction of sp³-hybridized carbons (Fsp3) is 0.125. The maximum Gasteiger partial charge on any atom is 0.338 e. The van der Waals surface area contributed by atoms with Gasteiger partial charge in [0.25, 0.3) is 0 Å². The van der Waals surface area contributed by atoms with Gasteiger partial charge in [-0.15, -0.1) is 0 Å². The molecule has 4 heteroatoms. The van der Waals surface area contributed by atoms with Crippen molar-refractivity contribution in [2.24, 2.45) is 0 Å². The van der Waals surface area contributed by atoms with Gasteiger partial charge in [0.1, 0.15) is 19.0 Å². The molecule has 0 aliphatic carbocycles. The number of rotatable bonds is 5. The van der Waals surface area contributed by atoms with Crippen LogP contribution in [0.1, 0.15) is 15.9 Å². The topological polar surface area (TPSA) is 59.3 Å².